The van der Waals surface area contributed by atoms with Gasteiger partial charge in [0.1, 0.15) is 5.58 Å². The fourth-order valence-electron chi connectivity index (χ4n) is 9.16. The number of furan rings is 1. The lowest BCUT2D eigenvalue weighted by Crippen LogP contribution is -1.95. The van der Waals surface area contributed by atoms with E-state index in [9.17, 15) is 0 Å². The average molecular weight is 753 g/mol. The van der Waals surface area contributed by atoms with E-state index in [0.29, 0.717) is 0 Å². The minimum atomic E-state index is 0.869. The van der Waals surface area contributed by atoms with E-state index in [4.69, 9.17) is 4.42 Å². The predicted octanol–water partition coefficient (Wildman–Crippen LogP) is 15.3. The molecule has 0 N–H and O–H groups in total. The van der Waals surface area contributed by atoms with E-state index in [1.165, 1.54) is 66.1 Å². The third-order valence-corrected chi connectivity index (χ3v) is 12.0. The zero-order valence-corrected chi connectivity index (χ0v) is 32.1. The minimum absolute atomic E-state index is 0.869. The number of aromatic nitrogens is 2. The number of rotatable bonds is 6. The summed E-state index contributed by atoms with van der Waals surface area (Å²) < 4.78 is 11.3. The SMILES string of the molecule is c1ccc(-c2ccc3c(c2)c2cc(-c4ccccc4)ccc2n3-c2ccc(-c3ccc(-c4cccc5c6c7ccccc7oc6n(-c6ccccc6)c45)cc3)cc2)cc1. The normalized spacial score (nSPS) is 11.7. The lowest BCUT2D eigenvalue weighted by molar-refractivity contribution is 0.645. The number of para-hydroxylation sites is 3. The molecule has 0 fully saturated rings. The molecule has 0 saturated carbocycles. The second-order valence-corrected chi connectivity index (χ2v) is 15.3. The number of hydrogen-bond donors (Lipinski definition) is 0. The Kier molecular flexibility index (Phi) is 7.54. The van der Waals surface area contributed by atoms with Crippen molar-refractivity contribution in [2.24, 2.45) is 0 Å². The first-order valence-corrected chi connectivity index (χ1v) is 20.2. The van der Waals surface area contributed by atoms with Crippen molar-refractivity contribution in [2.45, 2.75) is 0 Å². The highest BCUT2D eigenvalue weighted by atomic mass is 16.3. The molecule has 3 aromatic heterocycles. The summed E-state index contributed by atoms with van der Waals surface area (Å²) in [6.07, 6.45) is 0. The van der Waals surface area contributed by atoms with Gasteiger partial charge in [0, 0.05) is 38.5 Å². The molecule has 0 saturated heterocycles. The molecule has 0 amide bonds. The lowest BCUT2D eigenvalue weighted by atomic mass is 9.98. The fourth-order valence-corrected chi connectivity index (χ4v) is 9.16. The van der Waals surface area contributed by atoms with E-state index < -0.39 is 0 Å². The maximum atomic E-state index is 6.58. The first-order chi connectivity index (χ1) is 29.3. The van der Waals surface area contributed by atoms with Gasteiger partial charge in [0.25, 0.3) is 0 Å². The molecule has 3 nitrogen and oxygen atoms in total. The Labute approximate surface area is 341 Å². The topological polar surface area (TPSA) is 23.0 Å². The Bertz CT molecular complexity index is 3400. The molecule has 0 spiro atoms. The van der Waals surface area contributed by atoms with Gasteiger partial charge in [0.15, 0.2) is 0 Å². The van der Waals surface area contributed by atoms with E-state index >= 15 is 0 Å². The van der Waals surface area contributed by atoms with Crippen molar-refractivity contribution in [3.63, 3.8) is 0 Å². The highest BCUT2D eigenvalue weighted by Crippen LogP contribution is 2.43. The van der Waals surface area contributed by atoms with Gasteiger partial charge in [0.2, 0.25) is 5.71 Å². The molecule has 59 heavy (non-hydrogen) atoms. The second kappa shape index (κ2) is 13.4. The Morgan fingerprint density at radius 2 is 0.780 bits per heavy atom. The van der Waals surface area contributed by atoms with Gasteiger partial charge in [-0.05, 0) is 93.5 Å². The predicted molar refractivity (Wildman–Crippen MR) is 247 cm³/mol. The van der Waals surface area contributed by atoms with Crippen LogP contribution in [-0.4, -0.2) is 9.13 Å². The van der Waals surface area contributed by atoms with E-state index in [2.05, 4.69) is 221 Å². The van der Waals surface area contributed by atoms with Crippen LogP contribution in [-0.2, 0) is 0 Å². The third-order valence-electron chi connectivity index (χ3n) is 12.0. The quantitative estimate of drug-likeness (QED) is 0.166. The molecule has 0 bridgehead atoms. The Hall–Kier alpha value is -7.88. The largest absolute Gasteiger partial charge is 0.439 e. The smallest absolute Gasteiger partial charge is 0.213 e. The van der Waals surface area contributed by atoms with Crippen molar-refractivity contribution in [3.8, 4) is 55.9 Å². The lowest BCUT2D eigenvalue weighted by Gasteiger charge is -2.12. The summed E-state index contributed by atoms with van der Waals surface area (Å²) in [5, 5.41) is 5.95. The number of nitrogens with zero attached hydrogens (tertiary/aromatic N) is 2. The van der Waals surface area contributed by atoms with Gasteiger partial charge in [-0.1, -0.05) is 164 Å². The van der Waals surface area contributed by atoms with Crippen LogP contribution in [0.2, 0.25) is 0 Å². The molecule has 0 aliphatic carbocycles. The van der Waals surface area contributed by atoms with Crippen molar-refractivity contribution >= 4 is 54.8 Å². The Balaban J connectivity index is 0.942. The number of benzene rings is 9. The summed E-state index contributed by atoms with van der Waals surface area (Å²) in [6, 6.07) is 78.6. The molecule has 0 atom stereocenters. The summed E-state index contributed by atoms with van der Waals surface area (Å²) in [5.41, 5.74) is 17.1. The van der Waals surface area contributed by atoms with Crippen LogP contribution in [0.1, 0.15) is 0 Å². The number of hydrogen-bond acceptors (Lipinski definition) is 1. The molecule has 12 aromatic rings. The standard InChI is InChI=1S/C56H36N2O/c1-4-13-37(14-5-1)42-29-33-51-49(35-42)50-36-43(38-15-6-2-7-16-38)30-34-52(50)57(51)45-31-27-40(28-32-45)39-23-25-41(26-24-39)46-20-12-21-48-54-47-19-10-11-22-53(47)59-56(54)58(55(46)48)44-17-8-3-9-18-44/h1-36H. The van der Waals surface area contributed by atoms with Crippen LogP contribution in [0.25, 0.3) is 111 Å². The monoisotopic (exact) mass is 752 g/mol. The van der Waals surface area contributed by atoms with Gasteiger partial charge < -0.3 is 8.98 Å². The maximum absolute atomic E-state index is 6.58. The molecular weight excluding hydrogens is 717 g/mol. The summed E-state index contributed by atoms with van der Waals surface area (Å²) in [7, 11) is 0. The zero-order chi connectivity index (χ0) is 38.9. The molecule has 9 aromatic carbocycles. The summed E-state index contributed by atoms with van der Waals surface area (Å²) in [5.74, 6) is 0. The van der Waals surface area contributed by atoms with Crippen molar-refractivity contribution < 1.29 is 4.42 Å². The molecular formula is C56H36N2O. The highest BCUT2D eigenvalue weighted by Gasteiger charge is 2.22. The van der Waals surface area contributed by atoms with Crippen LogP contribution in [0, 0.1) is 0 Å². The van der Waals surface area contributed by atoms with Crippen LogP contribution in [0.15, 0.2) is 223 Å². The fraction of sp³-hybridized carbons (Fsp3) is 0. The molecule has 0 radical (unpaired) electrons. The van der Waals surface area contributed by atoms with Crippen molar-refractivity contribution in [1.82, 2.24) is 9.13 Å². The highest BCUT2D eigenvalue weighted by molar-refractivity contribution is 6.22. The minimum Gasteiger partial charge on any atom is -0.439 e. The van der Waals surface area contributed by atoms with Crippen molar-refractivity contribution in [2.75, 3.05) is 0 Å². The zero-order valence-electron chi connectivity index (χ0n) is 32.1. The molecule has 0 unspecified atom stereocenters. The van der Waals surface area contributed by atoms with Crippen LogP contribution in [0.4, 0.5) is 0 Å². The molecule has 12 rings (SSSR count). The van der Waals surface area contributed by atoms with E-state index in [-0.39, 0.29) is 0 Å². The van der Waals surface area contributed by atoms with Gasteiger partial charge in [-0.3, -0.25) is 4.57 Å². The first-order valence-electron chi connectivity index (χ1n) is 20.2. The summed E-state index contributed by atoms with van der Waals surface area (Å²) in [6.45, 7) is 0. The Morgan fingerprint density at radius 1 is 0.305 bits per heavy atom. The summed E-state index contributed by atoms with van der Waals surface area (Å²) >= 11 is 0. The van der Waals surface area contributed by atoms with Gasteiger partial charge in [-0.25, -0.2) is 0 Å². The molecule has 0 aliphatic rings. The molecule has 276 valence electrons. The first kappa shape index (κ1) is 33.3. The van der Waals surface area contributed by atoms with Crippen LogP contribution < -0.4 is 0 Å². The molecule has 3 heteroatoms. The van der Waals surface area contributed by atoms with E-state index in [0.717, 1.165) is 44.5 Å². The van der Waals surface area contributed by atoms with Gasteiger partial charge in [0.05, 0.1) is 21.9 Å². The number of fused-ring (bicyclic) bond motifs is 8. The van der Waals surface area contributed by atoms with Gasteiger partial charge in [-0.15, -0.1) is 0 Å². The summed E-state index contributed by atoms with van der Waals surface area (Å²) in [4.78, 5) is 0. The third kappa shape index (κ3) is 5.36. The molecule has 0 aliphatic heterocycles. The second-order valence-electron chi connectivity index (χ2n) is 15.3. The average Bonchev–Trinajstić information content (AvgIpc) is 3.96. The van der Waals surface area contributed by atoms with Crippen LogP contribution in [0.5, 0.6) is 0 Å². The maximum Gasteiger partial charge on any atom is 0.213 e. The van der Waals surface area contributed by atoms with Crippen LogP contribution >= 0.6 is 0 Å². The van der Waals surface area contributed by atoms with E-state index in [1.54, 1.807) is 0 Å². The van der Waals surface area contributed by atoms with Gasteiger partial charge in [-0.2, -0.15) is 0 Å². The molecule has 3 heterocycles. The Morgan fingerprint density at radius 3 is 1.41 bits per heavy atom. The van der Waals surface area contributed by atoms with Crippen molar-refractivity contribution in [1.29, 1.82) is 0 Å². The van der Waals surface area contributed by atoms with Crippen LogP contribution in [0.3, 0.4) is 0 Å². The van der Waals surface area contributed by atoms with Crippen molar-refractivity contribution in [3.05, 3.63) is 218 Å². The van der Waals surface area contributed by atoms with Gasteiger partial charge >= 0.3 is 0 Å². The van der Waals surface area contributed by atoms with E-state index in [1.807, 2.05) is 6.07 Å².